The number of ether oxygens (including phenoxy) is 2. The van der Waals surface area contributed by atoms with E-state index >= 15 is 0 Å². The van der Waals surface area contributed by atoms with Gasteiger partial charge < -0.3 is 14.3 Å². The zero-order chi connectivity index (χ0) is 17.0. The maximum absolute atomic E-state index is 12.4. The molecule has 0 rings (SSSR count). The highest BCUT2D eigenvalue weighted by molar-refractivity contribution is 6.00. The van der Waals surface area contributed by atoms with E-state index in [4.69, 9.17) is 9.47 Å². The average molecular weight is 308 g/mol. The van der Waals surface area contributed by atoms with E-state index in [0.29, 0.717) is 12.0 Å². The Morgan fingerprint density at radius 3 is 2.09 bits per heavy atom. The molecule has 0 aliphatic rings. The zero-order valence-electron chi connectivity index (χ0n) is 13.4. The van der Waals surface area contributed by atoms with E-state index in [0.717, 1.165) is 6.29 Å². The van der Waals surface area contributed by atoms with E-state index in [2.05, 4.69) is 18.9 Å². The van der Waals surface area contributed by atoms with Gasteiger partial charge in [-0.05, 0) is 32.3 Å². The molecule has 0 aromatic heterocycles. The van der Waals surface area contributed by atoms with Crippen LogP contribution in [0.4, 0.5) is 0 Å². The molecular weight excluding hydrogens is 284 g/mol. The largest absolute Gasteiger partial charge is 0.465 e. The van der Waals surface area contributed by atoms with Crippen molar-refractivity contribution in [3.05, 3.63) is 30.5 Å². The molecular formula is C17H24O5. The van der Waals surface area contributed by atoms with Crippen LogP contribution in [0.25, 0.3) is 0 Å². The van der Waals surface area contributed by atoms with Crippen LogP contribution in [-0.2, 0) is 23.9 Å². The molecule has 0 fully saturated rings. The topological polar surface area (TPSA) is 69.7 Å². The second kappa shape index (κ2) is 10.6. The Hall–Kier alpha value is -2.13. The lowest BCUT2D eigenvalue weighted by Gasteiger charge is -2.28. The Morgan fingerprint density at radius 1 is 1.18 bits per heavy atom. The third-order valence-electron chi connectivity index (χ3n) is 3.15. The van der Waals surface area contributed by atoms with Gasteiger partial charge in [0, 0.05) is 12.8 Å². The van der Waals surface area contributed by atoms with Gasteiger partial charge in [-0.15, -0.1) is 12.3 Å². The van der Waals surface area contributed by atoms with Crippen molar-refractivity contribution in [2.75, 3.05) is 13.2 Å². The third kappa shape index (κ3) is 5.34. The van der Waals surface area contributed by atoms with Gasteiger partial charge in [-0.2, -0.15) is 0 Å². The molecule has 5 heteroatoms. The van der Waals surface area contributed by atoms with E-state index in [1.54, 1.807) is 13.8 Å². The fraction of sp³-hybridized carbons (Fsp3) is 0.529. The lowest BCUT2D eigenvalue weighted by Crippen LogP contribution is -2.42. The fourth-order valence-electron chi connectivity index (χ4n) is 2.09. The molecule has 0 spiro atoms. The summed E-state index contributed by atoms with van der Waals surface area (Å²) >= 11 is 0. The predicted molar refractivity (Wildman–Crippen MR) is 83.1 cm³/mol. The first-order valence-corrected chi connectivity index (χ1v) is 7.29. The molecule has 0 amide bonds. The summed E-state index contributed by atoms with van der Waals surface area (Å²) in [6.07, 6.45) is 3.03. The number of hydrogen-bond donors (Lipinski definition) is 0. The molecule has 0 atom stereocenters. The van der Waals surface area contributed by atoms with Gasteiger partial charge in [-0.1, -0.05) is 12.7 Å². The molecule has 0 bridgehead atoms. The van der Waals surface area contributed by atoms with Crippen molar-refractivity contribution in [1.29, 1.82) is 0 Å². The van der Waals surface area contributed by atoms with Crippen molar-refractivity contribution in [3.8, 4) is 0 Å². The molecule has 5 nitrogen and oxygen atoms in total. The molecule has 0 heterocycles. The number of hydrogen-bond acceptors (Lipinski definition) is 5. The molecule has 0 N–H and O–H groups in total. The van der Waals surface area contributed by atoms with Crippen LogP contribution in [0.5, 0.6) is 0 Å². The smallest absolute Gasteiger partial charge is 0.324 e. The molecule has 0 aliphatic carbocycles. The van der Waals surface area contributed by atoms with Crippen LogP contribution in [0.2, 0.25) is 0 Å². The van der Waals surface area contributed by atoms with Crippen LogP contribution in [0, 0.1) is 5.41 Å². The summed E-state index contributed by atoms with van der Waals surface area (Å²) in [5, 5.41) is 0. The molecule has 0 aromatic carbocycles. The predicted octanol–water partition coefficient (Wildman–Crippen LogP) is 2.76. The SMILES string of the molecule is C=C=C(CCC=O)CC(CC=C)(C(=O)OCC)C(=O)OCC. The summed E-state index contributed by atoms with van der Waals surface area (Å²) < 4.78 is 10.1. The van der Waals surface area contributed by atoms with Gasteiger partial charge in [0.1, 0.15) is 6.29 Å². The number of carbonyl (C=O) groups excluding carboxylic acids is 3. The zero-order valence-corrected chi connectivity index (χ0v) is 13.4. The van der Waals surface area contributed by atoms with Crippen LogP contribution in [0.3, 0.4) is 0 Å². The Balaban J connectivity index is 5.64. The number of allylic oxidation sites excluding steroid dienone is 2. The summed E-state index contributed by atoms with van der Waals surface area (Å²) in [7, 11) is 0. The minimum absolute atomic E-state index is 0.0496. The number of carbonyl (C=O) groups is 3. The maximum Gasteiger partial charge on any atom is 0.324 e. The molecule has 0 aromatic rings. The lowest BCUT2D eigenvalue weighted by molar-refractivity contribution is -0.171. The second-order valence-corrected chi connectivity index (χ2v) is 4.68. The van der Waals surface area contributed by atoms with Crippen LogP contribution in [-0.4, -0.2) is 31.4 Å². The minimum atomic E-state index is -1.50. The van der Waals surface area contributed by atoms with Crippen molar-refractivity contribution in [1.82, 2.24) is 0 Å². The molecule has 0 radical (unpaired) electrons. The second-order valence-electron chi connectivity index (χ2n) is 4.68. The quantitative estimate of drug-likeness (QED) is 0.193. The van der Waals surface area contributed by atoms with E-state index in [9.17, 15) is 14.4 Å². The molecule has 122 valence electrons. The van der Waals surface area contributed by atoms with Gasteiger partial charge in [-0.3, -0.25) is 9.59 Å². The van der Waals surface area contributed by atoms with Crippen molar-refractivity contribution >= 4 is 18.2 Å². The third-order valence-corrected chi connectivity index (χ3v) is 3.15. The molecule has 0 saturated carbocycles. The van der Waals surface area contributed by atoms with Crippen molar-refractivity contribution in [2.45, 2.75) is 39.5 Å². The van der Waals surface area contributed by atoms with E-state index < -0.39 is 17.4 Å². The number of aldehydes is 1. The maximum atomic E-state index is 12.4. The van der Waals surface area contributed by atoms with Gasteiger partial charge in [0.05, 0.1) is 13.2 Å². The van der Waals surface area contributed by atoms with Crippen LogP contribution >= 0.6 is 0 Å². The summed E-state index contributed by atoms with van der Waals surface area (Å²) in [6, 6.07) is 0. The lowest BCUT2D eigenvalue weighted by atomic mass is 9.77. The van der Waals surface area contributed by atoms with Crippen LogP contribution in [0.1, 0.15) is 39.5 Å². The standard InChI is InChI=1S/C17H24O5/c1-5-11-17(15(19)21-7-3,16(20)22-8-4)13-14(6-2)10-9-12-18/h5,12H,1-2,7-11,13H2,3-4H3. The number of esters is 2. The fourth-order valence-corrected chi connectivity index (χ4v) is 2.09. The Kier molecular flexibility index (Phi) is 9.55. The van der Waals surface area contributed by atoms with Crippen molar-refractivity contribution in [3.63, 3.8) is 0 Å². The molecule has 0 unspecified atom stereocenters. The minimum Gasteiger partial charge on any atom is -0.465 e. The monoisotopic (exact) mass is 308 g/mol. The highest BCUT2D eigenvalue weighted by Gasteiger charge is 2.48. The highest BCUT2D eigenvalue weighted by atomic mass is 16.6. The first kappa shape index (κ1) is 19.9. The Labute approximate surface area is 131 Å². The van der Waals surface area contributed by atoms with E-state index in [1.807, 2.05) is 0 Å². The van der Waals surface area contributed by atoms with Gasteiger partial charge in [0.2, 0.25) is 0 Å². The van der Waals surface area contributed by atoms with Crippen LogP contribution < -0.4 is 0 Å². The van der Waals surface area contributed by atoms with Crippen molar-refractivity contribution < 1.29 is 23.9 Å². The molecule has 0 aliphatic heterocycles. The van der Waals surface area contributed by atoms with Gasteiger partial charge in [0.25, 0.3) is 0 Å². The molecule has 0 saturated heterocycles. The van der Waals surface area contributed by atoms with Gasteiger partial charge in [0.15, 0.2) is 5.41 Å². The van der Waals surface area contributed by atoms with Gasteiger partial charge >= 0.3 is 11.9 Å². The Bertz CT molecular complexity index is 440. The summed E-state index contributed by atoms with van der Waals surface area (Å²) in [5.74, 6) is -1.32. The summed E-state index contributed by atoms with van der Waals surface area (Å²) in [5.41, 5.74) is 1.81. The number of rotatable bonds is 11. The van der Waals surface area contributed by atoms with Gasteiger partial charge in [-0.25, -0.2) is 0 Å². The normalized spacial score (nSPS) is 10.3. The van der Waals surface area contributed by atoms with E-state index in [-0.39, 0.29) is 32.5 Å². The van der Waals surface area contributed by atoms with E-state index in [1.165, 1.54) is 6.08 Å². The van der Waals surface area contributed by atoms with Crippen molar-refractivity contribution in [2.24, 2.45) is 5.41 Å². The summed E-state index contributed by atoms with van der Waals surface area (Å²) in [6.45, 7) is 10.8. The highest BCUT2D eigenvalue weighted by Crippen LogP contribution is 2.35. The first-order valence-electron chi connectivity index (χ1n) is 7.29. The summed E-state index contributed by atoms with van der Waals surface area (Å²) in [4.78, 5) is 35.3. The van der Waals surface area contributed by atoms with Crippen LogP contribution in [0.15, 0.2) is 30.5 Å². The first-order chi connectivity index (χ1) is 10.5. The Morgan fingerprint density at radius 2 is 1.73 bits per heavy atom. The molecule has 22 heavy (non-hydrogen) atoms. The average Bonchev–Trinajstić information content (AvgIpc) is 2.50.